The predicted octanol–water partition coefficient (Wildman–Crippen LogP) is 6.02. The Bertz CT molecular complexity index is 1220. The van der Waals surface area contributed by atoms with Crippen LogP contribution in [0.25, 0.3) is 22.2 Å². The van der Waals surface area contributed by atoms with Gasteiger partial charge >= 0.3 is 0 Å². The molecule has 1 fully saturated rings. The molecule has 1 aliphatic heterocycles. The Hall–Kier alpha value is -3.25. The topological polar surface area (TPSA) is 66.1 Å². The van der Waals surface area contributed by atoms with Crippen LogP contribution in [0, 0.1) is 0 Å². The molecule has 0 atom stereocenters. The number of H-pyrrole nitrogens is 1. The average molecular weight is 434 g/mol. The van der Waals surface area contributed by atoms with Crippen molar-refractivity contribution in [1.82, 2.24) is 15.0 Å². The number of hydrogen-bond donors (Lipinski definition) is 2. The van der Waals surface area contributed by atoms with Gasteiger partial charge in [0.1, 0.15) is 5.75 Å². The van der Waals surface area contributed by atoms with Crippen LogP contribution in [0.3, 0.4) is 0 Å². The smallest absolute Gasteiger partial charge is 0.227 e. The minimum Gasteiger partial charge on any atom is -0.494 e. The van der Waals surface area contributed by atoms with E-state index in [1.165, 1.54) is 24.9 Å². The summed E-state index contributed by atoms with van der Waals surface area (Å²) in [6.07, 6.45) is 7.33. The number of anilines is 3. The fourth-order valence-electron chi connectivity index (χ4n) is 4.14. The molecule has 2 aromatic carbocycles. The van der Waals surface area contributed by atoms with E-state index in [4.69, 9.17) is 21.3 Å². The third-order valence-corrected chi connectivity index (χ3v) is 6.02. The maximum Gasteiger partial charge on any atom is 0.227 e. The van der Waals surface area contributed by atoms with Gasteiger partial charge < -0.3 is 19.9 Å². The van der Waals surface area contributed by atoms with Gasteiger partial charge in [-0.15, -0.1) is 0 Å². The normalized spacial score (nSPS) is 14.1. The van der Waals surface area contributed by atoms with Crippen LogP contribution in [0.1, 0.15) is 19.3 Å². The van der Waals surface area contributed by atoms with Gasteiger partial charge in [0, 0.05) is 47.5 Å². The van der Waals surface area contributed by atoms with Crippen LogP contribution in [0.15, 0.2) is 54.9 Å². The number of aromatic amines is 1. The van der Waals surface area contributed by atoms with E-state index >= 15 is 0 Å². The standard InChI is InChI=1S/C24H24ClN5O/c1-31-22-13-16(30-11-5-2-6-12-30)9-10-21(22)28-24-27-15-19(25)23(29-24)18-14-26-20-8-4-3-7-17(18)20/h3-4,7-10,13-15,26H,2,5-6,11-12H2,1H3,(H,27,28,29). The molecule has 0 spiro atoms. The summed E-state index contributed by atoms with van der Waals surface area (Å²) in [6, 6.07) is 14.3. The van der Waals surface area contributed by atoms with Crippen molar-refractivity contribution in [3.8, 4) is 17.0 Å². The van der Waals surface area contributed by atoms with Crippen molar-refractivity contribution in [3.05, 3.63) is 59.9 Å². The number of nitrogens with one attached hydrogen (secondary N) is 2. The Morgan fingerprint density at radius 1 is 1.10 bits per heavy atom. The molecule has 5 rings (SSSR count). The number of hydrogen-bond acceptors (Lipinski definition) is 5. The minimum absolute atomic E-state index is 0.466. The van der Waals surface area contributed by atoms with Gasteiger partial charge in [0.05, 0.1) is 29.7 Å². The van der Waals surface area contributed by atoms with E-state index in [1.54, 1.807) is 13.3 Å². The van der Waals surface area contributed by atoms with Gasteiger partial charge in [0.25, 0.3) is 0 Å². The van der Waals surface area contributed by atoms with Crippen molar-refractivity contribution in [2.24, 2.45) is 0 Å². The number of piperidine rings is 1. The van der Waals surface area contributed by atoms with Gasteiger partial charge in [0.2, 0.25) is 5.95 Å². The summed E-state index contributed by atoms with van der Waals surface area (Å²) in [5, 5.41) is 4.87. The highest BCUT2D eigenvalue weighted by Gasteiger charge is 2.16. The van der Waals surface area contributed by atoms with Gasteiger partial charge in [-0.2, -0.15) is 0 Å². The summed E-state index contributed by atoms with van der Waals surface area (Å²) in [5.74, 6) is 1.23. The fraction of sp³-hybridized carbons (Fsp3) is 0.250. The molecule has 0 saturated carbocycles. The second-order valence-corrected chi connectivity index (χ2v) is 8.10. The first-order valence-electron chi connectivity index (χ1n) is 10.5. The summed E-state index contributed by atoms with van der Waals surface area (Å²) in [6.45, 7) is 2.18. The Kier molecular flexibility index (Phi) is 5.38. The highest BCUT2D eigenvalue weighted by Crippen LogP contribution is 2.35. The van der Waals surface area contributed by atoms with E-state index < -0.39 is 0 Å². The monoisotopic (exact) mass is 433 g/mol. The van der Waals surface area contributed by atoms with E-state index in [2.05, 4.69) is 38.4 Å². The molecule has 0 amide bonds. The van der Waals surface area contributed by atoms with Crippen LogP contribution in [0.2, 0.25) is 5.02 Å². The van der Waals surface area contributed by atoms with Gasteiger partial charge in [-0.05, 0) is 37.5 Å². The van der Waals surface area contributed by atoms with E-state index in [1.807, 2.05) is 30.5 Å². The summed E-state index contributed by atoms with van der Waals surface area (Å²) >= 11 is 6.46. The van der Waals surface area contributed by atoms with Gasteiger partial charge in [0.15, 0.2) is 0 Å². The zero-order valence-corrected chi connectivity index (χ0v) is 18.1. The number of rotatable bonds is 5. The maximum atomic E-state index is 6.46. The fourth-order valence-corrected chi connectivity index (χ4v) is 4.33. The largest absolute Gasteiger partial charge is 0.494 e. The van der Waals surface area contributed by atoms with Gasteiger partial charge in [-0.3, -0.25) is 0 Å². The zero-order valence-electron chi connectivity index (χ0n) is 17.4. The molecule has 0 radical (unpaired) electrons. The molecule has 1 saturated heterocycles. The van der Waals surface area contributed by atoms with Crippen molar-refractivity contribution >= 4 is 39.8 Å². The minimum atomic E-state index is 0.466. The lowest BCUT2D eigenvalue weighted by atomic mass is 10.1. The summed E-state index contributed by atoms with van der Waals surface area (Å²) in [5.41, 5.74) is 4.66. The van der Waals surface area contributed by atoms with E-state index in [0.717, 1.165) is 41.0 Å². The first-order valence-corrected chi connectivity index (χ1v) is 10.9. The second kappa shape index (κ2) is 8.47. The van der Waals surface area contributed by atoms with Gasteiger partial charge in [-0.1, -0.05) is 29.8 Å². The number of halogens is 1. The second-order valence-electron chi connectivity index (χ2n) is 7.70. The molecule has 2 N–H and O–H groups in total. The van der Waals surface area contributed by atoms with Crippen molar-refractivity contribution in [1.29, 1.82) is 0 Å². The lowest BCUT2D eigenvalue weighted by molar-refractivity contribution is 0.416. The Balaban J connectivity index is 1.46. The van der Waals surface area contributed by atoms with Crippen molar-refractivity contribution in [3.63, 3.8) is 0 Å². The Labute approximate surface area is 186 Å². The lowest BCUT2D eigenvalue weighted by Gasteiger charge is -2.29. The molecule has 6 nitrogen and oxygen atoms in total. The van der Waals surface area contributed by atoms with E-state index in [0.29, 0.717) is 16.7 Å². The summed E-state index contributed by atoms with van der Waals surface area (Å²) in [4.78, 5) is 14.8. The number of aromatic nitrogens is 3. The highest BCUT2D eigenvalue weighted by molar-refractivity contribution is 6.33. The summed E-state index contributed by atoms with van der Waals surface area (Å²) < 4.78 is 5.66. The SMILES string of the molecule is COc1cc(N2CCCCC2)ccc1Nc1ncc(Cl)c(-c2c[nH]c3ccccc23)n1. The molecular formula is C24H24ClN5O. The van der Waals surface area contributed by atoms with Crippen LogP contribution in [0.5, 0.6) is 5.75 Å². The number of benzene rings is 2. The summed E-state index contributed by atoms with van der Waals surface area (Å²) in [7, 11) is 1.68. The molecule has 0 unspecified atom stereocenters. The predicted molar refractivity (Wildman–Crippen MR) is 127 cm³/mol. The van der Waals surface area contributed by atoms with E-state index in [-0.39, 0.29) is 0 Å². The third-order valence-electron chi connectivity index (χ3n) is 5.74. The first-order chi connectivity index (χ1) is 15.2. The molecule has 158 valence electrons. The van der Waals surface area contributed by atoms with E-state index in [9.17, 15) is 0 Å². The number of fused-ring (bicyclic) bond motifs is 1. The van der Waals surface area contributed by atoms with Crippen molar-refractivity contribution < 1.29 is 4.74 Å². The number of nitrogens with zero attached hydrogens (tertiary/aromatic N) is 3. The quantitative estimate of drug-likeness (QED) is 0.402. The molecule has 2 aromatic heterocycles. The zero-order chi connectivity index (χ0) is 21.2. The molecule has 0 aliphatic carbocycles. The molecular weight excluding hydrogens is 410 g/mol. The highest BCUT2D eigenvalue weighted by atomic mass is 35.5. The number of ether oxygens (including phenoxy) is 1. The van der Waals surface area contributed by atoms with Crippen LogP contribution in [-0.2, 0) is 0 Å². The van der Waals surface area contributed by atoms with Crippen LogP contribution in [0.4, 0.5) is 17.3 Å². The lowest BCUT2D eigenvalue weighted by Crippen LogP contribution is -2.29. The first kappa shape index (κ1) is 19.7. The van der Waals surface area contributed by atoms with Crippen LogP contribution >= 0.6 is 11.6 Å². The number of methoxy groups -OCH3 is 1. The Morgan fingerprint density at radius 3 is 2.77 bits per heavy atom. The molecule has 3 heterocycles. The van der Waals surface area contributed by atoms with Crippen molar-refractivity contribution in [2.45, 2.75) is 19.3 Å². The molecule has 1 aliphatic rings. The van der Waals surface area contributed by atoms with Gasteiger partial charge in [-0.25, -0.2) is 9.97 Å². The Morgan fingerprint density at radius 2 is 1.94 bits per heavy atom. The molecule has 4 aromatic rings. The van der Waals surface area contributed by atoms with Crippen LogP contribution < -0.4 is 15.0 Å². The number of para-hydroxylation sites is 1. The third kappa shape index (κ3) is 3.91. The van der Waals surface area contributed by atoms with Crippen LogP contribution in [-0.4, -0.2) is 35.2 Å². The van der Waals surface area contributed by atoms with Crippen molar-refractivity contribution in [2.75, 3.05) is 30.4 Å². The average Bonchev–Trinajstić information content (AvgIpc) is 3.25. The maximum absolute atomic E-state index is 6.46. The molecule has 0 bridgehead atoms. The molecule has 31 heavy (non-hydrogen) atoms. The molecule has 7 heteroatoms.